The van der Waals surface area contributed by atoms with Crippen molar-refractivity contribution in [3.05, 3.63) is 189 Å². The molecule has 1 N–H and O–H groups in total. The molecule has 0 aliphatic carbocycles. The second kappa shape index (κ2) is 15.3. The van der Waals surface area contributed by atoms with Gasteiger partial charge in [0.05, 0.1) is 22.1 Å². The summed E-state index contributed by atoms with van der Waals surface area (Å²) in [6.45, 7) is 9.37. The highest BCUT2D eigenvalue weighted by Crippen LogP contribution is 2.37. The maximum absolute atomic E-state index is 4.12. The summed E-state index contributed by atoms with van der Waals surface area (Å²) in [7, 11) is 0. The van der Waals surface area contributed by atoms with E-state index in [2.05, 4.69) is 186 Å². The Labute approximate surface area is 311 Å². The van der Waals surface area contributed by atoms with E-state index >= 15 is 0 Å². The SMILES string of the molecule is C=CC.C=Cc1cc2c3ccccc3n(-c3ccc(-c4ccc(-n5c6ccccc6c6ccccc65)cc4)cc3)c2cc1Nc1ccccc1.CS. The zero-order valence-electron chi connectivity index (χ0n) is 29.5. The van der Waals surface area contributed by atoms with Gasteiger partial charge in [-0.3, -0.25) is 0 Å². The maximum Gasteiger partial charge on any atom is 0.0562 e. The molecule has 0 amide bonds. The summed E-state index contributed by atoms with van der Waals surface area (Å²) in [5, 5.41) is 8.60. The second-order valence-electron chi connectivity index (χ2n) is 12.4. The molecule has 254 valence electrons. The van der Waals surface area contributed by atoms with E-state index in [0.29, 0.717) is 0 Å². The fourth-order valence-corrected chi connectivity index (χ4v) is 7.07. The molecule has 0 saturated heterocycles. The van der Waals surface area contributed by atoms with Crippen LogP contribution in [0.25, 0.3) is 72.2 Å². The summed E-state index contributed by atoms with van der Waals surface area (Å²) in [4.78, 5) is 0. The fourth-order valence-electron chi connectivity index (χ4n) is 7.07. The first-order chi connectivity index (χ1) is 25.7. The van der Waals surface area contributed by atoms with Gasteiger partial charge in [0.15, 0.2) is 0 Å². The summed E-state index contributed by atoms with van der Waals surface area (Å²) in [5.41, 5.74) is 12.6. The average Bonchev–Trinajstić information content (AvgIpc) is 3.71. The normalized spacial score (nSPS) is 10.8. The molecule has 9 aromatic rings. The molecule has 0 fully saturated rings. The van der Waals surface area contributed by atoms with Crippen LogP contribution in [0.3, 0.4) is 0 Å². The van der Waals surface area contributed by atoms with Crippen molar-refractivity contribution < 1.29 is 0 Å². The number of aromatic nitrogens is 2. The molecule has 0 saturated carbocycles. The maximum atomic E-state index is 4.12. The van der Waals surface area contributed by atoms with Crippen molar-refractivity contribution in [2.45, 2.75) is 6.92 Å². The minimum Gasteiger partial charge on any atom is -0.355 e. The summed E-state index contributed by atoms with van der Waals surface area (Å²) in [6, 6.07) is 58.5. The van der Waals surface area contributed by atoms with Gasteiger partial charge in [0.25, 0.3) is 0 Å². The van der Waals surface area contributed by atoms with E-state index in [1.807, 2.05) is 31.2 Å². The van der Waals surface area contributed by atoms with Gasteiger partial charge >= 0.3 is 0 Å². The molecule has 2 aromatic heterocycles. The number of hydrogen-bond acceptors (Lipinski definition) is 2. The third kappa shape index (κ3) is 6.30. The first-order valence-corrected chi connectivity index (χ1v) is 18.3. The van der Waals surface area contributed by atoms with Gasteiger partial charge in [-0.25, -0.2) is 0 Å². The molecule has 0 aliphatic rings. The van der Waals surface area contributed by atoms with Crippen molar-refractivity contribution in [3.63, 3.8) is 0 Å². The number of nitrogens with zero attached hydrogens (tertiary/aromatic N) is 2. The lowest BCUT2D eigenvalue weighted by Crippen LogP contribution is -1.97. The number of para-hydroxylation sites is 4. The number of rotatable bonds is 6. The Kier molecular flexibility index (Phi) is 10.1. The molecule has 3 nitrogen and oxygen atoms in total. The Bertz CT molecular complexity index is 2590. The minimum absolute atomic E-state index is 1.03. The Balaban J connectivity index is 0.000000802. The molecular formula is C48H41N3S. The molecule has 0 bridgehead atoms. The Morgan fingerprint density at radius 3 is 1.35 bits per heavy atom. The lowest BCUT2D eigenvalue weighted by atomic mass is 10.0. The molecule has 4 heteroatoms. The van der Waals surface area contributed by atoms with Gasteiger partial charge in [0.2, 0.25) is 0 Å². The Morgan fingerprint density at radius 2 is 0.885 bits per heavy atom. The van der Waals surface area contributed by atoms with Crippen LogP contribution >= 0.6 is 12.6 Å². The van der Waals surface area contributed by atoms with Crippen molar-refractivity contribution in [1.82, 2.24) is 9.13 Å². The largest absolute Gasteiger partial charge is 0.355 e. The number of thiol groups is 1. The fraction of sp³-hybridized carbons (Fsp3) is 0.0417. The van der Waals surface area contributed by atoms with Crippen molar-refractivity contribution >= 4 is 73.7 Å². The van der Waals surface area contributed by atoms with Crippen molar-refractivity contribution in [3.8, 4) is 22.5 Å². The van der Waals surface area contributed by atoms with E-state index in [1.165, 1.54) is 49.2 Å². The monoisotopic (exact) mass is 691 g/mol. The van der Waals surface area contributed by atoms with Crippen LogP contribution in [-0.4, -0.2) is 15.4 Å². The van der Waals surface area contributed by atoms with Crippen molar-refractivity contribution in [2.24, 2.45) is 0 Å². The van der Waals surface area contributed by atoms with Gasteiger partial charge in [-0.15, -0.1) is 6.58 Å². The number of benzene rings is 7. The highest BCUT2D eigenvalue weighted by molar-refractivity contribution is 7.79. The Hall–Kier alpha value is -6.23. The van der Waals surface area contributed by atoms with Crippen LogP contribution < -0.4 is 5.32 Å². The lowest BCUT2D eigenvalue weighted by Gasteiger charge is -2.13. The molecule has 0 unspecified atom stereocenters. The van der Waals surface area contributed by atoms with Gasteiger partial charge in [-0.1, -0.05) is 116 Å². The van der Waals surface area contributed by atoms with Crippen LogP contribution in [0.2, 0.25) is 0 Å². The third-order valence-corrected chi connectivity index (χ3v) is 9.28. The number of allylic oxidation sites excluding steroid dienone is 1. The predicted molar refractivity (Wildman–Crippen MR) is 231 cm³/mol. The molecule has 52 heavy (non-hydrogen) atoms. The molecular weight excluding hydrogens is 651 g/mol. The third-order valence-electron chi connectivity index (χ3n) is 9.28. The predicted octanol–water partition coefficient (Wildman–Crippen LogP) is 13.7. The molecule has 0 radical (unpaired) electrons. The molecule has 0 atom stereocenters. The zero-order valence-corrected chi connectivity index (χ0v) is 30.4. The minimum atomic E-state index is 1.03. The number of anilines is 2. The second-order valence-corrected chi connectivity index (χ2v) is 12.4. The summed E-state index contributed by atoms with van der Waals surface area (Å²) in [6.07, 6.45) is 5.37. The van der Waals surface area contributed by atoms with Crippen LogP contribution in [0.5, 0.6) is 0 Å². The molecule has 0 spiro atoms. The standard InChI is InChI=1S/C44H31N3.C3H6.CH4S/c1-2-30-28-39-38-16-8-11-19-43(38)47(44(39)29-40(30)45-33-12-4-3-5-13-33)35-26-22-32(23-27-35)31-20-24-34(25-21-31)46-41-17-9-6-14-36(41)37-15-7-10-18-42(37)46;1-3-2;1-2/h2-29,45H,1H2;3H,1H2,2H3;2H,1H3. The summed E-state index contributed by atoms with van der Waals surface area (Å²) >= 11 is 3.53. The summed E-state index contributed by atoms with van der Waals surface area (Å²) < 4.78 is 4.72. The van der Waals surface area contributed by atoms with Crippen LogP contribution in [0.15, 0.2) is 183 Å². The molecule has 7 aromatic carbocycles. The van der Waals surface area contributed by atoms with Crippen LogP contribution in [0.1, 0.15) is 12.5 Å². The quantitative estimate of drug-likeness (QED) is 0.131. The van der Waals surface area contributed by atoms with Crippen molar-refractivity contribution in [1.29, 1.82) is 0 Å². The summed E-state index contributed by atoms with van der Waals surface area (Å²) in [5.74, 6) is 0. The van der Waals surface area contributed by atoms with E-state index in [1.54, 1.807) is 12.3 Å². The van der Waals surface area contributed by atoms with Gasteiger partial charge in [0, 0.05) is 44.3 Å². The van der Waals surface area contributed by atoms with Gasteiger partial charge in [-0.05, 0) is 96.6 Å². The van der Waals surface area contributed by atoms with E-state index in [4.69, 9.17) is 0 Å². The van der Waals surface area contributed by atoms with Gasteiger partial charge < -0.3 is 14.5 Å². The number of nitrogens with one attached hydrogen (secondary N) is 1. The molecule has 9 rings (SSSR count). The molecule has 2 heterocycles. The molecule has 0 aliphatic heterocycles. The Morgan fingerprint density at radius 1 is 0.481 bits per heavy atom. The lowest BCUT2D eigenvalue weighted by molar-refractivity contribution is 1.18. The number of hydrogen-bond donors (Lipinski definition) is 2. The van der Waals surface area contributed by atoms with Crippen molar-refractivity contribution in [2.75, 3.05) is 11.6 Å². The average molecular weight is 692 g/mol. The first kappa shape index (κ1) is 34.2. The zero-order chi connectivity index (χ0) is 36.0. The van der Waals surface area contributed by atoms with E-state index < -0.39 is 0 Å². The van der Waals surface area contributed by atoms with Crippen LogP contribution in [-0.2, 0) is 0 Å². The van der Waals surface area contributed by atoms with Crippen LogP contribution in [0, 0.1) is 0 Å². The van der Waals surface area contributed by atoms with E-state index in [9.17, 15) is 0 Å². The smallest absolute Gasteiger partial charge is 0.0562 e. The number of fused-ring (bicyclic) bond motifs is 6. The highest BCUT2D eigenvalue weighted by Gasteiger charge is 2.16. The van der Waals surface area contributed by atoms with Gasteiger partial charge in [0.1, 0.15) is 0 Å². The van der Waals surface area contributed by atoms with E-state index in [0.717, 1.165) is 33.8 Å². The van der Waals surface area contributed by atoms with Crippen LogP contribution in [0.4, 0.5) is 11.4 Å². The topological polar surface area (TPSA) is 21.9 Å². The first-order valence-electron chi connectivity index (χ1n) is 17.4. The van der Waals surface area contributed by atoms with Gasteiger partial charge in [-0.2, -0.15) is 12.6 Å². The van der Waals surface area contributed by atoms with E-state index in [-0.39, 0.29) is 0 Å². The highest BCUT2D eigenvalue weighted by atomic mass is 32.1.